The summed E-state index contributed by atoms with van der Waals surface area (Å²) in [5.41, 5.74) is 3.63. The number of hydrogen-bond acceptors (Lipinski definition) is 4. The molecule has 1 heterocycles. The number of hydrogen-bond donors (Lipinski definition) is 1. The maximum atomic E-state index is 13.9. The van der Waals surface area contributed by atoms with Crippen LogP contribution in [0.2, 0.25) is 0 Å². The van der Waals surface area contributed by atoms with Crippen molar-refractivity contribution in [3.8, 4) is 0 Å². The summed E-state index contributed by atoms with van der Waals surface area (Å²) in [4.78, 5) is 33.7. The number of aromatic nitrogens is 2. The number of nitrogens with zero attached hydrogens (tertiary/aromatic N) is 3. The molecule has 3 aromatic rings. The summed E-state index contributed by atoms with van der Waals surface area (Å²) in [7, 11) is 1.65. The summed E-state index contributed by atoms with van der Waals surface area (Å²) < 4.78 is 6.94. The van der Waals surface area contributed by atoms with E-state index in [1.54, 1.807) is 22.6 Å². The van der Waals surface area contributed by atoms with Gasteiger partial charge in [0.15, 0.2) is 0 Å². The Hall–Kier alpha value is -3.19. The van der Waals surface area contributed by atoms with Gasteiger partial charge in [0.2, 0.25) is 0 Å². The second-order valence-electron chi connectivity index (χ2n) is 9.80. The molecular weight excluding hydrogens is 452 g/mol. The molecule has 0 radical (unpaired) electrons. The summed E-state index contributed by atoms with van der Waals surface area (Å²) >= 11 is 0. The molecule has 1 atom stereocenters. The summed E-state index contributed by atoms with van der Waals surface area (Å²) in [6.07, 6.45) is 0.668. The molecule has 36 heavy (non-hydrogen) atoms. The van der Waals surface area contributed by atoms with Crippen molar-refractivity contribution in [2.45, 2.75) is 72.4 Å². The predicted octanol–water partition coefficient (Wildman–Crippen LogP) is 6.29. The molecule has 0 aliphatic carbocycles. The van der Waals surface area contributed by atoms with Crippen LogP contribution >= 0.6 is 0 Å². The van der Waals surface area contributed by atoms with E-state index in [1.807, 2.05) is 32.0 Å². The molecule has 1 aromatic heterocycles. The number of carbonyl (C=O) groups excluding carboxylic acids is 1. The van der Waals surface area contributed by atoms with Crippen LogP contribution in [0.5, 0.6) is 0 Å². The molecule has 7 nitrogen and oxygen atoms in total. The number of urea groups is 1. The van der Waals surface area contributed by atoms with E-state index in [2.05, 4.69) is 51.2 Å². The number of para-hydroxylation sites is 2. The minimum atomic E-state index is -0.423. The molecule has 0 saturated carbocycles. The highest BCUT2D eigenvalue weighted by Gasteiger charge is 2.27. The largest absolute Gasteiger partial charge is 0.385 e. The molecule has 194 valence electrons. The van der Waals surface area contributed by atoms with Crippen molar-refractivity contribution in [3.05, 3.63) is 69.8 Å². The lowest BCUT2D eigenvalue weighted by Gasteiger charge is -2.31. The smallest absolute Gasteiger partial charge is 0.322 e. The van der Waals surface area contributed by atoms with Gasteiger partial charge in [0.1, 0.15) is 5.82 Å². The highest BCUT2D eigenvalue weighted by atomic mass is 16.5. The fourth-order valence-electron chi connectivity index (χ4n) is 4.67. The molecule has 0 aliphatic rings. The maximum absolute atomic E-state index is 13.9. The van der Waals surface area contributed by atoms with Crippen LogP contribution in [-0.4, -0.2) is 40.7 Å². The van der Waals surface area contributed by atoms with Gasteiger partial charge in [0, 0.05) is 32.5 Å². The lowest BCUT2D eigenvalue weighted by Crippen LogP contribution is -2.41. The monoisotopic (exact) mass is 492 g/mol. The zero-order valence-electron chi connectivity index (χ0n) is 22.7. The molecule has 2 aromatic carbocycles. The number of nitrogens with one attached hydrogen (secondary N) is 1. The van der Waals surface area contributed by atoms with E-state index >= 15 is 0 Å². The lowest BCUT2D eigenvalue weighted by molar-refractivity contribution is 0.158. The first-order valence-corrected chi connectivity index (χ1v) is 12.9. The molecule has 2 amide bonds. The van der Waals surface area contributed by atoms with E-state index in [0.717, 1.165) is 16.8 Å². The first kappa shape index (κ1) is 27.4. The normalized spacial score (nSPS) is 12.4. The van der Waals surface area contributed by atoms with Gasteiger partial charge in [0.05, 0.1) is 16.9 Å². The van der Waals surface area contributed by atoms with Gasteiger partial charge in [-0.25, -0.2) is 9.78 Å². The Bertz CT molecular complexity index is 1220. The van der Waals surface area contributed by atoms with Gasteiger partial charge in [-0.2, -0.15) is 0 Å². The minimum Gasteiger partial charge on any atom is -0.385 e. The van der Waals surface area contributed by atoms with Gasteiger partial charge in [-0.15, -0.1) is 0 Å². The molecule has 0 bridgehead atoms. The molecule has 7 heteroatoms. The van der Waals surface area contributed by atoms with Crippen molar-refractivity contribution in [3.63, 3.8) is 0 Å². The van der Waals surface area contributed by atoms with Crippen LogP contribution in [-0.2, 0) is 11.3 Å². The number of methoxy groups -OCH3 is 1. The van der Waals surface area contributed by atoms with Gasteiger partial charge < -0.3 is 15.0 Å². The highest BCUT2D eigenvalue weighted by Crippen LogP contribution is 2.33. The Morgan fingerprint density at radius 2 is 1.67 bits per heavy atom. The Kier molecular flexibility index (Phi) is 9.26. The van der Waals surface area contributed by atoms with Crippen LogP contribution < -0.4 is 10.9 Å². The second-order valence-corrected chi connectivity index (χ2v) is 9.80. The fourth-order valence-corrected chi connectivity index (χ4v) is 4.67. The van der Waals surface area contributed by atoms with Crippen LogP contribution in [0.15, 0.2) is 47.3 Å². The number of amides is 2. The van der Waals surface area contributed by atoms with Crippen molar-refractivity contribution < 1.29 is 9.53 Å². The summed E-state index contributed by atoms with van der Waals surface area (Å²) in [6.45, 7) is 13.9. The van der Waals surface area contributed by atoms with E-state index < -0.39 is 6.04 Å². The number of carbonyl (C=O) groups is 1. The molecular formula is C29H40N4O3. The predicted molar refractivity (Wildman–Crippen MR) is 147 cm³/mol. The van der Waals surface area contributed by atoms with Crippen molar-refractivity contribution in [2.24, 2.45) is 0 Å². The third-order valence-corrected chi connectivity index (χ3v) is 6.66. The van der Waals surface area contributed by atoms with Crippen LogP contribution in [0.1, 0.15) is 82.8 Å². The van der Waals surface area contributed by atoms with E-state index in [0.29, 0.717) is 42.8 Å². The average molecular weight is 493 g/mol. The number of fused-ring (bicyclic) bond motifs is 1. The SMILES string of the molecule is CCn1c(C(C)N(CCCOC)C(=O)Nc2c(C(C)C)cccc2C(C)C)nc2ccccc2c1=O. The Balaban J connectivity index is 2.06. The molecule has 0 spiro atoms. The minimum absolute atomic E-state index is 0.0885. The highest BCUT2D eigenvalue weighted by molar-refractivity contribution is 5.91. The molecule has 1 unspecified atom stereocenters. The van der Waals surface area contributed by atoms with Crippen molar-refractivity contribution >= 4 is 22.6 Å². The van der Waals surface area contributed by atoms with E-state index in [-0.39, 0.29) is 23.4 Å². The van der Waals surface area contributed by atoms with Crippen LogP contribution in [0.3, 0.4) is 0 Å². The topological polar surface area (TPSA) is 76.5 Å². The van der Waals surface area contributed by atoms with Gasteiger partial charge in [-0.05, 0) is 55.4 Å². The second kappa shape index (κ2) is 12.2. The zero-order chi connectivity index (χ0) is 26.4. The number of ether oxygens (including phenoxy) is 1. The standard InChI is InChI=1S/C29H40N4O3/c1-8-32-27(30-25-16-10-9-13-24(25)28(32)34)21(6)33(17-12-18-36-7)29(35)31-26-22(19(2)3)14-11-15-23(26)20(4)5/h9-11,13-16,19-21H,8,12,17-18H2,1-7H3,(H,31,35). The van der Waals surface area contributed by atoms with Gasteiger partial charge in [-0.1, -0.05) is 58.0 Å². The van der Waals surface area contributed by atoms with Crippen LogP contribution in [0.25, 0.3) is 10.9 Å². The van der Waals surface area contributed by atoms with E-state index in [1.165, 1.54) is 0 Å². The summed E-state index contributed by atoms with van der Waals surface area (Å²) in [6, 6.07) is 12.9. The number of benzene rings is 2. The Morgan fingerprint density at radius 3 is 2.25 bits per heavy atom. The molecule has 1 N–H and O–H groups in total. The van der Waals surface area contributed by atoms with Crippen molar-refractivity contribution in [1.29, 1.82) is 0 Å². The van der Waals surface area contributed by atoms with Gasteiger partial charge in [-0.3, -0.25) is 9.36 Å². The van der Waals surface area contributed by atoms with Crippen LogP contribution in [0, 0.1) is 0 Å². The van der Waals surface area contributed by atoms with Crippen LogP contribution in [0.4, 0.5) is 10.5 Å². The Morgan fingerprint density at radius 1 is 1.03 bits per heavy atom. The quantitative estimate of drug-likeness (QED) is 0.337. The number of anilines is 1. The summed E-state index contributed by atoms with van der Waals surface area (Å²) in [5, 5.41) is 3.82. The van der Waals surface area contributed by atoms with Gasteiger partial charge in [0.25, 0.3) is 5.56 Å². The van der Waals surface area contributed by atoms with E-state index in [9.17, 15) is 9.59 Å². The molecule has 0 saturated heterocycles. The molecule has 0 fully saturated rings. The zero-order valence-corrected chi connectivity index (χ0v) is 22.7. The van der Waals surface area contributed by atoms with Crippen molar-refractivity contribution in [2.75, 3.05) is 25.6 Å². The third-order valence-electron chi connectivity index (χ3n) is 6.66. The third kappa shape index (κ3) is 5.78. The number of rotatable bonds is 10. The molecule has 3 rings (SSSR count). The molecule has 0 aliphatic heterocycles. The average Bonchev–Trinajstić information content (AvgIpc) is 2.86. The lowest BCUT2D eigenvalue weighted by atomic mass is 9.92. The first-order chi connectivity index (χ1) is 17.2. The van der Waals surface area contributed by atoms with Gasteiger partial charge >= 0.3 is 6.03 Å². The first-order valence-electron chi connectivity index (χ1n) is 12.9. The fraction of sp³-hybridized carbons (Fsp3) is 0.483. The Labute approximate surface area is 214 Å². The van der Waals surface area contributed by atoms with Crippen molar-refractivity contribution in [1.82, 2.24) is 14.5 Å². The maximum Gasteiger partial charge on any atom is 0.322 e. The summed E-state index contributed by atoms with van der Waals surface area (Å²) in [5.74, 6) is 1.09. The van der Waals surface area contributed by atoms with E-state index in [4.69, 9.17) is 9.72 Å².